The number of aliphatic carboxylic acids is 1. The van der Waals surface area contributed by atoms with Gasteiger partial charge in [0, 0.05) is 12.4 Å². The fourth-order valence-corrected chi connectivity index (χ4v) is 1.88. The molecule has 1 aliphatic rings. The molecule has 2 atom stereocenters. The molecule has 0 bridgehead atoms. The first-order valence-electron chi connectivity index (χ1n) is 5.05. The van der Waals surface area contributed by atoms with Crippen molar-refractivity contribution in [3.05, 3.63) is 24.5 Å². The van der Waals surface area contributed by atoms with Crippen molar-refractivity contribution >= 4 is 18.4 Å². The third-order valence-corrected chi connectivity index (χ3v) is 2.69. The second kappa shape index (κ2) is 5.70. The van der Waals surface area contributed by atoms with E-state index in [-0.39, 0.29) is 24.4 Å². The molecule has 1 heterocycles. The summed E-state index contributed by atoms with van der Waals surface area (Å²) in [6.45, 7) is 0. The van der Waals surface area contributed by atoms with Gasteiger partial charge in [0.1, 0.15) is 5.75 Å². The predicted octanol–water partition coefficient (Wildman–Crippen LogP) is 2.14. The van der Waals surface area contributed by atoms with Crippen LogP contribution in [0.4, 0.5) is 0 Å². The molecular formula is C11H14ClNO3. The molecule has 0 aliphatic heterocycles. The molecule has 4 nitrogen and oxygen atoms in total. The number of hydrogen-bond acceptors (Lipinski definition) is 3. The van der Waals surface area contributed by atoms with Gasteiger partial charge in [0.25, 0.3) is 0 Å². The summed E-state index contributed by atoms with van der Waals surface area (Å²) in [7, 11) is 0. The minimum absolute atomic E-state index is 0. The average molecular weight is 244 g/mol. The molecule has 16 heavy (non-hydrogen) atoms. The summed E-state index contributed by atoms with van der Waals surface area (Å²) in [6, 6.07) is 3.57. The zero-order valence-corrected chi connectivity index (χ0v) is 9.52. The molecule has 1 saturated carbocycles. The fraction of sp³-hybridized carbons (Fsp3) is 0.455. The third kappa shape index (κ3) is 3.10. The Bertz CT molecular complexity index is 344. The Kier molecular flexibility index (Phi) is 4.55. The van der Waals surface area contributed by atoms with Gasteiger partial charge in [-0.3, -0.25) is 9.78 Å². The summed E-state index contributed by atoms with van der Waals surface area (Å²) < 4.78 is 5.65. The van der Waals surface area contributed by atoms with Crippen LogP contribution in [0.2, 0.25) is 0 Å². The molecule has 1 aliphatic carbocycles. The van der Waals surface area contributed by atoms with Crippen LogP contribution in [0.5, 0.6) is 5.75 Å². The van der Waals surface area contributed by atoms with Crippen molar-refractivity contribution in [1.29, 1.82) is 0 Å². The second-order valence-electron chi connectivity index (χ2n) is 3.77. The Labute approximate surface area is 100 Å². The first-order valence-corrected chi connectivity index (χ1v) is 5.05. The number of aromatic nitrogens is 1. The van der Waals surface area contributed by atoms with Crippen molar-refractivity contribution in [3.8, 4) is 5.75 Å². The van der Waals surface area contributed by atoms with Gasteiger partial charge in [0.05, 0.1) is 12.0 Å². The lowest BCUT2D eigenvalue weighted by molar-refractivity contribution is -0.141. The molecule has 5 heteroatoms. The van der Waals surface area contributed by atoms with Crippen molar-refractivity contribution < 1.29 is 14.6 Å². The highest BCUT2D eigenvalue weighted by Gasteiger charge is 2.30. The molecule has 0 aromatic carbocycles. The topological polar surface area (TPSA) is 59.4 Å². The number of hydrogen-bond donors (Lipinski definition) is 1. The van der Waals surface area contributed by atoms with Crippen LogP contribution >= 0.6 is 12.4 Å². The summed E-state index contributed by atoms with van der Waals surface area (Å²) in [5, 5.41) is 8.83. The minimum Gasteiger partial charge on any atom is -0.490 e. The molecular weight excluding hydrogens is 230 g/mol. The monoisotopic (exact) mass is 243 g/mol. The zero-order chi connectivity index (χ0) is 10.7. The molecule has 1 N–H and O–H groups in total. The van der Waals surface area contributed by atoms with E-state index in [1.165, 1.54) is 0 Å². The van der Waals surface area contributed by atoms with Gasteiger partial charge in [-0.25, -0.2) is 0 Å². The number of carboxylic acids is 1. The van der Waals surface area contributed by atoms with Crippen LogP contribution in [0.25, 0.3) is 0 Å². The van der Waals surface area contributed by atoms with Gasteiger partial charge in [-0.2, -0.15) is 0 Å². The summed E-state index contributed by atoms with van der Waals surface area (Å²) in [6.07, 6.45) is 5.51. The van der Waals surface area contributed by atoms with Crippen molar-refractivity contribution in [3.63, 3.8) is 0 Å². The highest BCUT2D eigenvalue weighted by molar-refractivity contribution is 5.85. The molecule has 2 rings (SSSR count). The van der Waals surface area contributed by atoms with Crippen LogP contribution in [0, 0.1) is 5.92 Å². The lowest BCUT2D eigenvalue weighted by atomic mass is 10.1. The summed E-state index contributed by atoms with van der Waals surface area (Å²) >= 11 is 0. The number of halogens is 1. The van der Waals surface area contributed by atoms with Crippen LogP contribution in [0.1, 0.15) is 19.3 Å². The van der Waals surface area contributed by atoms with Crippen molar-refractivity contribution in [2.24, 2.45) is 5.92 Å². The van der Waals surface area contributed by atoms with E-state index in [9.17, 15) is 4.79 Å². The number of carbonyl (C=O) groups is 1. The summed E-state index contributed by atoms with van der Waals surface area (Å²) in [4.78, 5) is 14.6. The first-order chi connectivity index (χ1) is 7.25. The van der Waals surface area contributed by atoms with E-state index in [1.807, 2.05) is 0 Å². The minimum atomic E-state index is -0.712. The van der Waals surface area contributed by atoms with E-state index >= 15 is 0 Å². The van der Waals surface area contributed by atoms with Crippen molar-refractivity contribution in [2.45, 2.75) is 25.4 Å². The smallest absolute Gasteiger partial charge is 0.306 e. The molecule has 0 saturated heterocycles. The summed E-state index contributed by atoms with van der Waals surface area (Å²) in [5.74, 6) is -0.186. The van der Waals surface area contributed by atoms with E-state index in [0.717, 1.165) is 12.2 Å². The van der Waals surface area contributed by atoms with E-state index in [2.05, 4.69) is 4.98 Å². The van der Waals surface area contributed by atoms with Gasteiger partial charge >= 0.3 is 5.97 Å². The number of carboxylic acid groups (broad SMARTS) is 1. The highest BCUT2D eigenvalue weighted by atomic mass is 35.5. The van der Waals surface area contributed by atoms with Gasteiger partial charge in [-0.15, -0.1) is 12.4 Å². The molecule has 1 aromatic heterocycles. The van der Waals surface area contributed by atoms with E-state index in [4.69, 9.17) is 9.84 Å². The Balaban J connectivity index is 0.00000128. The molecule has 0 amide bonds. The van der Waals surface area contributed by atoms with Crippen LogP contribution in [-0.4, -0.2) is 22.2 Å². The van der Waals surface area contributed by atoms with E-state index in [1.54, 1.807) is 24.5 Å². The van der Waals surface area contributed by atoms with Gasteiger partial charge in [-0.05, 0) is 31.4 Å². The number of pyridine rings is 1. The Morgan fingerprint density at radius 1 is 1.38 bits per heavy atom. The van der Waals surface area contributed by atoms with E-state index < -0.39 is 5.97 Å². The van der Waals surface area contributed by atoms with Crippen molar-refractivity contribution in [1.82, 2.24) is 4.98 Å². The molecule has 88 valence electrons. The van der Waals surface area contributed by atoms with Gasteiger partial charge in [0.2, 0.25) is 0 Å². The van der Waals surface area contributed by atoms with E-state index in [0.29, 0.717) is 12.8 Å². The molecule has 2 unspecified atom stereocenters. The van der Waals surface area contributed by atoms with Gasteiger partial charge in [-0.1, -0.05) is 0 Å². The molecule has 0 radical (unpaired) electrons. The van der Waals surface area contributed by atoms with Gasteiger partial charge in [0.15, 0.2) is 0 Å². The Morgan fingerprint density at radius 2 is 2.06 bits per heavy atom. The SMILES string of the molecule is Cl.O=C(O)C1CCC(Oc2ccncc2)C1. The number of ether oxygens (including phenoxy) is 1. The molecule has 0 spiro atoms. The maximum absolute atomic E-state index is 10.7. The predicted molar refractivity (Wildman–Crippen MR) is 60.9 cm³/mol. The lowest BCUT2D eigenvalue weighted by Gasteiger charge is -2.12. The second-order valence-corrected chi connectivity index (χ2v) is 3.77. The molecule has 1 fully saturated rings. The Morgan fingerprint density at radius 3 is 2.62 bits per heavy atom. The van der Waals surface area contributed by atoms with Crippen LogP contribution in [0.3, 0.4) is 0 Å². The number of rotatable bonds is 3. The van der Waals surface area contributed by atoms with Crippen LogP contribution in [-0.2, 0) is 4.79 Å². The summed E-state index contributed by atoms with van der Waals surface area (Å²) in [5.41, 5.74) is 0. The maximum Gasteiger partial charge on any atom is 0.306 e. The van der Waals surface area contributed by atoms with Gasteiger partial charge < -0.3 is 9.84 Å². The maximum atomic E-state index is 10.7. The lowest BCUT2D eigenvalue weighted by Crippen LogP contribution is -2.15. The average Bonchev–Trinajstić information content (AvgIpc) is 2.68. The largest absolute Gasteiger partial charge is 0.490 e. The first kappa shape index (κ1) is 12.8. The standard InChI is InChI=1S/C11H13NO3.ClH/c13-11(14)8-1-2-10(7-8)15-9-3-5-12-6-4-9;/h3-6,8,10H,1-2,7H2,(H,13,14);1H. The highest BCUT2D eigenvalue weighted by Crippen LogP contribution is 2.28. The fourth-order valence-electron chi connectivity index (χ4n) is 1.88. The van der Waals surface area contributed by atoms with Crippen molar-refractivity contribution in [2.75, 3.05) is 0 Å². The molecule has 1 aromatic rings. The van der Waals surface area contributed by atoms with Crippen LogP contribution in [0.15, 0.2) is 24.5 Å². The Hall–Kier alpha value is -1.29. The number of nitrogens with zero attached hydrogens (tertiary/aromatic N) is 1. The normalized spacial score (nSPS) is 23.5. The zero-order valence-electron chi connectivity index (χ0n) is 8.70. The third-order valence-electron chi connectivity index (χ3n) is 2.69. The quantitative estimate of drug-likeness (QED) is 0.884. The van der Waals surface area contributed by atoms with Crippen LogP contribution < -0.4 is 4.74 Å².